The molecule has 2 N–H and O–H groups in total. The van der Waals surface area contributed by atoms with E-state index in [0.29, 0.717) is 5.56 Å². The Morgan fingerprint density at radius 3 is 2.50 bits per heavy atom. The van der Waals surface area contributed by atoms with Gasteiger partial charge in [0.1, 0.15) is 0 Å². The van der Waals surface area contributed by atoms with E-state index in [0.717, 1.165) is 25.1 Å². The molecule has 1 aromatic carbocycles. The highest BCUT2D eigenvalue weighted by Gasteiger charge is 2.14. The summed E-state index contributed by atoms with van der Waals surface area (Å²) in [5.74, 6) is -0.887. The third kappa shape index (κ3) is 4.72. The Labute approximate surface area is 109 Å². The van der Waals surface area contributed by atoms with Gasteiger partial charge in [-0.2, -0.15) is 0 Å². The number of allylic oxidation sites excluding steroid dienone is 1. The Hall–Kier alpha value is -1.61. The van der Waals surface area contributed by atoms with Gasteiger partial charge in [0, 0.05) is 13.1 Å². The van der Waals surface area contributed by atoms with Gasteiger partial charge in [-0.3, -0.25) is 0 Å². The zero-order valence-corrected chi connectivity index (χ0v) is 11.1. The second kappa shape index (κ2) is 6.36. The van der Waals surface area contributed by atoms with Gasteiger partial charge < -0.3 is 10.4 Å². The van der Waals surface area contributed by atoms with Crippen molar-refractivity contribution in [3.05, 3.63) is 48.0 Å². The molecule has 0 fully saturated rings. The number of aromatic carboxylic acids is 1. The van der Waals surface area contributed by atoms with Crippen LogP contribution in [-0.2, 0) is 6.54 Å². The smallest absolute Gasteiger partial charge is 0.335 e. The van der Waals surface area contributed by atoms with Gasteiger partial charge in [-0.1, -0.05) is 32.1 Å². The maximum absolute atomic E-state index is 10.7. The molecule has 18 heavy (non-hydrogen) atoms. The molecule has 0 saturated carbocycles. The Morgan fingerprint density at radius 2 is 2.00 bits per heavy atom. The molecule has 0 saturated heterocycles. The van der Waals surface area contributed by atoms with Crippen molar-refractivity contribution >= 4 is 5.97 Å². The van der Waals surface area contributed by atoms with Gasteiger partial charge in [0.05, 0.1) is 5.56 Å². The molecule has 0 aromatic heterocycles. The number of carboxylic acid groups (broad SMARTS) is 1. The predicted molar refractivity (Wildman–Crippen MR) is 73.7 cm³/mol. The third-order valence-corrected chi connectivity index (χ3v) is 2.83. The van der Waals surface area contributed by atoms with E-state index in [1.807, 2.05) is 18.2 Å². The first-order chi connectivity index (χ1) is 8.44. The van der Waals surface area contributed by atoms with Crippen LogP contribution in [0.1, 0.15) is 36.2 Å². The normalized spacial score (nSPS) is 11.2. The number of rotatable bonds is 7. The molecule has 0 atom stereocenters. The highest BCUT2D eigenvalue weighted by Crippen LogP contribution is 2.19. The second-order valence-corrected chi connectivity index (χ2v) is 5.26. The Morgan fingerprint density at radius 1 is 1.39 bits per heavy atom. The fourth-order valence-electron chi connectivity index (χ4n) is 1.77. The summed E-state index contributed by atoms with van der Waals surface area (Å²) in [5, 5.41) is 12.2. The Kier molecular flexibility index (Phi) is 5.10. The zero-order valence-electron chi connectivity index (χ0n) is 11.1. The number of carbonyl (C=O) groups is 1. The van der Waals surface area contributed by atoms with Gasteiger partial charge in [0.2, 0.25) is 0 Å². The molecular formula is C15H21NO2. The van der Waals surface area contributed by atoms with Crippen LogP contribution in [0.5, 0.6) is 0 Å². The van der Waals surface area contributed by atoms with E-state index < -0.39 is 5.97 Å². The van der Waals surface area contributed by atoms with Crippen molar-refractivity contribution in [1.82, 2.24) is 5.32 Å². The summed E-state index contributed by atoms with van der Waals surface area (Å²) in [7, 11) is 0. The third-order valence-electron chi connectivity index (χ3n) is 2.83. The first-order valence-electron chi connectivity index (χ1n) is 6.08. The molecule has 0 aliphatic heterocycles. The fraction of sp³-hybridized carbons (Fsp3) is 0.400. The van der Waals surface area contributed by atoms with Crippen LogP contribution in [0.25, 0.3) is 0 Å². The van der Waals surface area contributed by atoms with Crippen LogP contribution in [0.3, 0.4) is 0 Å². The number of hydrogen-bond donors (Lipinski definition) is 2. The molecule has 1 rings (SSSR count). The van der Waals surface area contributed by atoms with Crippen molar-refractivity contribution in [2.45, 2.75) is 26.8 Å². The van der Waals surface area contributed by atoms with Crippen molar-refractivity contribution in [1.29, 1.82) is 0 Å². The summed E-state index contributed by atoms with van der Waals surface area (Å²) in [6.07, 6.45) is 2.90. The quantitative estimate of drug-likeness (QED) is 0.728. The first kappa shape index (κ1) is 14.5. The average molecular weight is 247 g/mol. The molecule has 0 aliphatic carbocycles. The molecule has 98 valence electrons. The lowest BCUT2D eigenvalue weighted by molar-refractivity contribution is 0.0697. The summed E-state index contributed by atoms with van der Waals surface area (Å²) in [6.45, 7) is 9.79. The highest BCUT2D eigenvalue weighted by atomic mass is 16.4. The number of benzene rings is 1. The monoisotopic (exact) mass is 247 g/mol. The summed E-state index contributed by atoms with van der Waals surface area (Å²) >= 11 is 0. The number of hydrogen-bond acceptors (Lipinski definition) is 2. The SMILES string of the molecule is C=CCC(C)(C)CNCc1ccc(C(=O)O)cc1. The van der Waals surface area contributed by atoms with Crippen LogP contribution < -0.4 is 5.32 Å². The van der Waals surface area contributed by atoms with Crippen molar-refractivity contribution in [2.75, 3.05) is 6.54 Å². The largest absolute Gasteiger partial charge is 0.478 e. The maximum atomic E-state index is 10.7. The molecule has 0 radical (unpaired) electrons. The lowest BCUT2D eigenvalue weighted by Crippen LogP contribution is -2.28. The summed E-state index contributed by atoms with van der Waals surface area (Å²) in [4.78, 5) is 10.7. The van der Waals surface area contributed by atoms with E-state index in [-0.39, 0.29) is 5.41 Å². The molecule has 0 heterocycles. The molecule has 1 aromatic rings. The average Bonchev–Trinajstić information content (AvgIpc) is 2.29. The van der Waals surface area contributed by atoms with Crippen molar-refractivity contribution < 1.29 is 9.90 Å². The van der Waals surface area contributed by atoms with Crippen molar-refractivity contribution in [3.8, 4) is 0 Å². The summed E-state index contributed by atoms with van der Waals surface area (Å²) in [6, 6.07) is 6.95. The van der Waals surface area contributed by atoms with E-state index in [4.69, 9.17) is 5.11 Å². The summed E-state index contributed by atoms with van der Waals surface area (Å²) < 4.78 is 0. The highest BCUT2D eigenvalue weighted by molar-refractivity contribution is 5.87. The van der Waals surface area contributed by atoms with E-state index >= 15 is 0 Å². The molecule has 0 unspecified atom stereocenters. The molecule has 0 bridgehead atoms. The minimum Gasteiger partial charge on any atom is -0.478 e. The fourth-order valence-corrected chi connectivity index (χ4v) is 1.77. The van der Waals surface area contributed by atoms with Gasteiger partial charge in [0.15, 0.2) is 0 Å². The lowest BCUT2D eigenvalue weighted by Gasteiger charge is -2.23. The van der Waals surface area contributed by atoms with Crippen LogP contribution in [0, 0.1) is 5.41 Å². The second-order valence-electron chi connectivity index (χ2n) is 5.26. The molecule has 0 spiro atoms. The predicted octanol–water partition coefficient (Wildman–Crippen LogP) is 3.08. The van der Waals surface area contributed by atoms with Crippen LogP contribution >= 0.6 is 0 Å². The van der Waals surface area contributed by atoms with Gasteiger partial charge in [-0.05, 0) is 29.5 Å². The van der Waals surface area contributed by atoms with Crippen molar-refractivity contribution in [3.63, 3.8) is 0 Å². The van der Waals surface area contributed by atoms with E-state index in [2.05, 4.69) is 25.7 Å². The topological polar surface area (TPSA) is 49.3 Å². The Bertz CT molecular complexity index is 407. The van der Waals surface area contributed by atoms with Gasteiger partial charge in [0.25, 0.3) is 0 Å². The lowest BCUT2D eigenvalue weighted by atomic mass is 9.89. The van der Waals surface area contributed by atoms with Crippen LogP contribution in [0.2, 0.25) is 0 Å². The van der Waals surface area contributed by atoms with E-state index in [9.17, 15) is 4.79 Å². The van der Waals surface area contributed by atoms with Crippen LogP contribution in [0.4, 0.5) is 0 Å². The van der Waals surface area contributed by atoms with Gasteiger partial charge in [-0.25, -0.2) is 4.79 Å². The van der Waals surface area contributed by atoms with Crippen LogP contribution in [0.15, 0.2) is 36.9 Å². The minimum atomic E-state index is -0.887. The van der Waals surface area contributed by atoms with Gasteiger partial charge >= 0.3 is 5.97 Å². The molecule has 0 amide bonds. The van der Waals surface area contributed by atoms with Crippen LogP contribution in [-0.4, -0.2) is 17.6 Å². The van der Waals surface area contributed by atoms with E-state index in [1.54, 1.807) is 12.1 Å². The molecule has 3 nitrogen and oxygen atoms in total. The van der Waals surface area contributed by atoms with Gasteiger partial charge in [-0.15, -0.1) is 6.58 Å². The Balaban J connectivity index is 2.44. The maximum Gasteiger partial charge on any atom is 0.335 e. The van der Waals surface area contributed by atoms with E-state index in [1.165, 1.54) is 0 Å². The minimum absolute atomic E-state index is 0.197. The zero-order chi connectivity index (χ0) is 13.6. The standard InChI is InChI=1S/C15H21NO2/c1-4-9-15(2,3)11-16-10-12-5-7-13(8-6-12)14(17)18/h4-8,16H,1,9-11H2,2-3H3,(H,17,18). The number of carboxylic acids is 1. The molecule has 3 heteroatoms. The number of nitrogens with one attached hydrogen (secondary N) is 1. The van der Waals surface area contributed by atoms with Crippen molar-refractivity contribution in [2.24, 2.45) is 5.41 Å². The molecular weight excluding hydrogens is 226 g/mol. The molecule has 0 aliphatic rings. The summed E-state index contributed by atoms with van der Waals surface area (Å²) in [5.41, 5.74) is 1.61. The first-order valence-corrected chi connectivity index (χ1v) is 6.08.